The van der Waals surface area contributed by atoms with E-state index in [0.29, 0.717) is 0 Å². The summed E-state index contributed by atoms with van der Waals surface area (Å²) >= 11 is 19.3. The van der Waals surface area contributed by atoms with Gasteiger partial charge in [-0.15, -0.1) is 0 Å². The van der Waals surface area contributed by atoms with Crippen molar-refractivity contribution >= 4 is 70.2 Å². The van der Waals surface area contributed by atoms with Gasteiger partial charge >= 0.3 is 0 Å². The van der Waals surface area contributed by atoms with Crippen molar-refractivity contribution in [1.82, 2.24) is 0 Å². The predicted octanol–water partition coefficient (Wildman–Crippen LogP) is 6.92. The maximum absolute atomic E-state index is 4.83. The number of rotatable bonds is 3. The van der Waals surface area contributed by atoms with Crippen LogP contribution in [0.4, 0.5) is 0 Å². The molecule has 0 saturated carbocycles. The van der Waals surface area contributed by atoms with Crippen LogP contribution in [0.15, 0.2) is 72.8 Å². The van der Waals surface area contributed by atoms with Crippen LogP contribution in [0.2, 0.25) is 0 Å². The highest BCUT2D eigenvalue weighted by atomic mass is 35.6. The summed E-state index contributed by atoms with van der Waals surface area (Å²) in [5.41, 5.74) is 4.13. The van der Waals surface area contributed by atoms with Gasteiger partial charge in [-0.3, -0.25) is 0 Å². The largest absolute Gasteiger partial charge is 0.266 e. The first kappa shape index (κ1) is 22.5. The smallest absolute Gasteiger partial charge is 0.0664 e. The predicted molar refractivity (Wildman–Crippen MR) is 126 cm³/mol. The number of hydrogen-bond acceptors (Lipinski definition) is 0. The topological polar surface area (TPSA) is 0 Å². The lowest BCUT2D eigenvalue weighted by atomic mass is 10.2. The van der Waals surface area contributed by atoms with E-state index in [2.05, 4.69) is 93.6 Å². The van der Waals surface area contributed by atoms with Gasteiger partial charge in [0.2, 0.25) is 0 Å². The lowest BCUT2D eigenvalue weighted by Crippen LogP contribution is -2.25. The zero-order valence-electron chi connectivity index (χ0n) is 15.4. The van der Waals surface area contributed by atoms with E-state index in [1.165, 1.54) is 32.6 Å². The summed E-state index contributed by atoms with van der Waals surface area (Å²) in [4.78, 5) is 0. The normalized spacial score (nSPS) is 11.1. The third-order valence-electron chi connectivity index (χ3n) is 4.07. The van der Waals surface area contributed by atoms with Gasteiger partial charge in [-0.1, -0.05) is 119 Å². The summed E-state index contributed by atoms with van der Waals surface area (Å²) in [7, 11) is -0.508. The molecular formula is C22H21Cl4P. The number of alkyl halides is 4. The Hall–Kier alpha value is -0.750. The molecule has 5 heteroatoms. The van der Waals surface area contributed by atoms with Gasteiger partial charge in [0.1, 0.15) is 0 Å². The van der Waals surface area contributed by atoms with Gasteiger partial charge in [-0.05, 0) is 61.3 Å². The Balaban J connectivity index is 0.000000465. The number of halogens is 4. The van der Waals surface area contributed by atoms with Crippen molar-refractivity contribution in [2.24, 2.45) is 0 Å². The van der Waals surface area contributed by atoms with Crippen LogP contribution in [0.1, 0.15) is 16.7 Å². The molecule has 0 heterocycles. The van der Waals surface area contributed by atoms with Crippen molar-refractivity contribution in [1.29, 1.82) is 0 Å². The highest BCUT2D eigenvalue weighted by Crippen LogP contribution is 2.36. The monoisotopic (exact) mass is 456 g/mol. The van der Waals surface area contributed by atoms with Gasteiger partial charge in [0, 0.05) is 0 Å². The molecule has 3 aromatic carbocycles. The SMILES string of the molecule is Cc1ccccc1P(c1ccccc1C)c1ccccc1C.ClC(Cl)(Cl)Cl. The third-order valence-corrected chi connectivity index (χ3v) is 7.02. The molecule has 0 unspecified atom stereocenters. The Morgan fingerprint density at radius 3 is 0.963 bits per heavy atom. The van der Waals surface area contributed by atoms with Gasteiger partial charge < -0.3 is 0 Å². The Kier molecular flexibility index (Phi) is 8.47. The Morgan fingerprint density at radius 2 is 0.741 bits per heavy atom. The number of benzene rings is 3. The number of hydrogen-bond donors (Lipinski definition) is 0. The van der Waals surface area contributed by atoms with Crippen LogP contribution in [0.25, 0.3) is 0 Å². The van der Waals surface area contributed by atoms with E-state index in [1.807, 2.05) is 0 Å². The summed E-state index contributed by atoms with van der Waals surface area (Å²) in [6.07, 6.45) is 0. The Labute approximate surface area is 183 Å². The molecule has 0 aliphatic heterocycles. The van der Waals surface area contributed by atoms with Crippen LogP contribution >= 0.6 is 54.3 Å². The van der Waals surface area contributed by atoms with Crippen molar-refractivity contribution in [3.05, 3.63) is 89.5 Å². The van der Waals surface area contributed by atoms with Crippen LogP contribution in [0.3, 0.4) is 0 Å². The molecule has 0 N–H and O–H groups in total. The molecule has 0 nitrogen and oxygen atoms in total. The van der Waals surface area contributed by atoms with Crippen LogP contribution in [-0.4, -0.2) is 3.25 Å². The molecule has 3 rings (SSSR count). The van der Waals surface area contributed by atoms with Gasteiger partial charge in [-0.2, -0.15) is 0 Å². The fourth-order valence-electron chi connectivity index (χ4n) is 2.83. The van der Waals surface area contributed by atoms with Gasteiger partial charge in [0.25, 0.3) is 3.25 Å². The Morgan fingerprint density at radius 1 is 0.519 bits per heavy atom. The average Bonchev–Trinajstić information content (AvgIpc) is 2.58. The van der Waals surface area contributed by atoms with Crippen LogP contribution in [-0.2, 0) is 0 Å². The minimum Gasteiger partial charge on any atom is -0.0664 e. The van der Waals surface area contributed by atoms with E-state index in [9.17, 15) is 0 Å². The first-order chi connectivity index (χ1) is 12.7. The molecule has 0 radical (unpaired) electrons. The summed E-state index contributed by atoms with van der Waals surface area (Å²) in [6, 6.07) is 26.4. The zero-order valence-corrected chi connectivity index (χ0v) is 19.3. The van der Waals surface area contributed by atoms with E-state index >= 15 is 0 Å². The lowest BCUT2D eigenvalue weighted by molar-refractivity contribution is 1.49. The van der Waals surface area contributed by atoms with Crippen LogP contribution in [0.5, 0.6) is 0 Å². The van der Waals surface area contributed by atoms with Crippen molar-refractivity contribution in [2.45, 2.75) is 24.0 Å². The molecule has 3 aromatic rings. The molecule has 0 aliphatic carbocycles. The minimum absolute atomic E-state index is 0.508. The van der Waals surface area contributed by atoms with E-state index in [1.54, 1.807) is 0 Å². The molecule has 0 atom stereocenters. The van der Waals surface area contributed by atoms with Crippen molar-refractivity contribution in [3.63, 3.8) is 0 Å². The van der Waals surface area contributed by atoms with Gasteiger partial charge in [-0.25, -0.2) is 0 Å². The standard InChI is InChI=1S/C21H21P.CCl4/c1-16-10-4-7-13-19(16)22(20-14-8-5-11-17(20)2)21-15-9-6-12-18(21)3;2-1(3,4)5/h4-15H,1-3H3;. The molecule has 0 amide bonds. The molecule has 27 heavy (non-hydrogen) atoms. The van der Waals surface area contributed by atoms with Crippen LogP contribution < -0.4 is 15.9 Å². The van der Waals surface area contributed by atoms with E-state index in [4.69, 9.17) is 46.4 Å². The van der Waals surface area contributed by atoms with E-state index < -0.39 is 11.2 Å². The minimum atomic E-state index is -1.61. The highest BCUT2D eigenvalue weighted by Gasteiger charge is 2.20. The van der Waals surface area contributed by atoms with Gasteiger partial charge in [0.15, 0.2) is 0 Å². The van der Waals surface area contributed by atoms with Gasteiger partial charge in [0.05, 0.1) is 0 Å². The highest BCUT2D eigenvalue weighted by molar-refractivity contribution is 7.80. The van der Waals surface area contributed by atoms with Crippen LogP contribution in [0, 0.1) is 20.8 Å². The maximum Gasteiger partial charge on any atom is 0.266 e. The molecular weight excluding hydrogens is 437 g/mol. The lowest BCUT2D eigenvalue weighted by Gasteiger charge is -2.24. The molecule has 0 aliphatic rings. The second-order valence-electron chi connectivity index (χ2n) is 6.12. The summed E-state index contributed by atoms with van der Waals surface area (Å²) < 4.78 is -1.61. The second-order valence-corrected chi connectivity index (χ2v) is 11.7. The molecule has 0 bridgehead atoms. The first-order valence-electron chi connectivity index (χ1n) is 8.41. The third kappa shape index (κ3) is 6.97. The van der Waals surface area contributed by atoms with Crippen molar-refractivity contribution in [2.75, 3.05) is 0 Å². The van der Waals surface area contributed by atoms with E-state index in [0.717, 1.165) is 0 Å². The van der Waals surface area contributed by atoms with Crippen molar-refractivity contribution < 1.29 is 0 Å². The molecule has 0 saturated heterocycles. The first-order valence-corrected chi connectivity index (χ1v) is 11.3. The Bertz CT molecular complexity index is 773. The molecule has 0 fully saturated rings. The summed E-state index contributed by atoms with van der Waals surface area (Å²) in [5, 5.41) is 4.38. The van der Waals surface area contributed by atoms with E-state index in [-0.39, 0.29) is 0 Å². The molecule has 142 valence electrons. The molecule has 0 aromatic heterocycles. The molecule has 0 spiro atoms. The quantitative estimate of drug-likeness (QED) is 0.295. The fraction of sp³-hybridized carbons (Fsp3) is 0.182. The maximum atomic E-state index is 4.83. The fourth-order valence-corrected chi connectivity index (χ4v) is 5.60. The number of aryl methyl sites for hydroxylation is 3. The summed E-state index contributed by atoms with van der Waals surface area (Å²) in [5.74, 6) is 0. The van der Waals surface area contributed by atoms with Crippen molar-refractivity contribution in [3.8, 4) is 0 Å². The zero-order chi connectivity index (χ0) is 20.0. The summed E-state index contributed by atoms with van der Waals surface area (Å²) in [6.45, 7) is 6.67. The average molecular weight is 458 g/mol. The second kappa shape index (κ2) is 10.1.